The highest BCUT2D eigenvalue weighted by molar-refractivity contribution is 6.31. The topological polar surface area (TPSA) is 54.4 Å². The molecule has 0 saturated heterocycles. The molecule has 0 saturated carbocycles. The number of carboxylic acid groups (broad SMARTS) is 1. The number of halogens is 2. The van der Waals surface area contributed by atoms with Gasteiger partial charge in [-0.3, -0.25) is 4.79 Å². The lowest BCUT2D eigenvalue weighted by molar-refractivity contribution is 0.0692. The number of rotatable bonds is 2. The van der Waals surface area contributed by atoms with Crippen molar-refractivity contribution < 1.29 is 19.1 Å². The average Bonchev–Trinajstić information content (AvgIpc) is 2.08. The highest BCUT2D eigenvalue weighted by atomic mass is 35.5. The average molecular weight is 203 g/mol. The normalized spacial score (nSPS) is 9.69. The Hall–Kier alpha value is -1.42. The molecule has 13 heavy (non-hydrogen) atoms. The van der Waals surface area contributed by atoms with Crippen molar-refractivity contribution in [2.45, 2.75) is 0 Å². The molecule has 0 unspecified atom stereocenters. The van der Waals surface area contributed by atoms with Crippen LogP contribution in [-0.2, 0) is 0 Å². The molecule has 0 aliphatic carbocycles. The Bertz CT molecular complexity index is 376. The van der Waals surface area contributed by atoms with Gasteiger partial charge in [0.05, 0.1) is 11.1 Å². The van der Waals surface area contributed by atoms with E-state index in [9.17, 15) is 14.0 Å². The van der Waals surface area contributed by atoms with E-state index in [1.54, 1.807) is 0 Å². The third-order valence-electron chi connectivity index (χ3n) is 1.42. The second kappa shape index (κ2) is 3.53. The number of carbonyl (C=O) groups excluding carboxylic acids is 1. The summed E-state index contributed by atoms with van der Waals surface area (Å²) in [7, 11) is 0. The largest absolute Gasteiger partial charge is 0.478 e. The van der Waals surface area contributed by atoms with Crippen LogP contribution in [0.1, 0.15) is 20.7 Å². The molecule has 0 atom stereocenters. The minimum Gasteiger partial charge on any atom is -0.478 e. The zero-order chi connectivity index (χ0) is 10.0. The standard InChI is InChI=1S/C8H4ClFO3/c9-5-1-4(3-11)7(10)6(2-5)8(12)13/h1-3H,(H,12,13). The molecule has 1 rings (SSSR count). The summed E-state index contributed by atoms with van der Waals surface area (Å²) in [4.78, 5) is 20.7. The van der Waals surface area contributed by atoms with Crippen LogP contribution < -0.4 is 0 Å². The van der Waals surface area contributed by atoms with Gasteiger partial charge in [-0.25, -0.2) is 9.18 Å². The van der Waals surface area contributed by atoms with E-state index in [1.165, 1.54) is 0 Å². The van der Waals surface area contributed by atoms with Gasteiger partial charge in [0.25, 0.3) is 0 Å². The molecule has 0 aliphatic rings. The smallest absolute Gasteiger partial charge is 0.338 e. The van der Waals surface area contributed by atoms with E-state index >= 15 is 0 Å². The van der Waals surface area contributed by atoms with Crippen LogP contribution in [0.4, 0.5) is 4.39 Å². The fourth-order valence-corrected chi connectivity index (χ4v) is 1.08. The molecule has 0 radical (unpaired) electrons. The van der Waals surface area contributed by atoms with Crippen molar-refractivity contribution in [3.05, 3.63) is 34.1 Å². The molecule has 0 aliphatic heterocycles. The van der Waals surface area contributed by atoms with E-state index in [0.29, 0.717) is 0 Å². The van der Waals surface area contributed by atoms with E-state index in [0.717, 1.165) is 12.1 Å². The van der Waals surface area contributed by atoms with Crippen LogP contribution in [-0.4, -0.2) is 17.4 Å². The summed E-state index contributed by atoms with van der Waals surface area (Å²) in [5.74, 6) is -2.52. The lowest BCUT2D eigenvalue weighted by Gasteiger charge is -2.00. The van der Waals surface area contributed by atoms with Crippen LogP contribution in [0.15, 0.2) is 12.1 Å². The maximum absolute atomic E-state index is 13.0. The van der Waals surface area contributed by atoms with Crippen LogP contribution in [0.2, 0.25) is 5.02 Å². The maximum atomic E-state index is 13.0. The van der Waals surface area contributed by atoms with E-state index in [2.05, 4.69) is 0 Å². The van der Waals surface area contributed by atoms with Crippen LogP contribution in [0.3, 0.4) is 0 Å². The van der Waals surface area contributed by atoms with E-state index in [-0.39, 0.29) is 16.9 Å². The first-order valence-corrected chi connectivity index (χ1v) is 3.61. The number of carboxylic acids is 1. The van der Waals surface area contributed by atoms with E-state index in [4.69, 9.17) is 16.7 Å². The van der Waals surface area contributed by atoms with Gasteiger partial charge >= 0.3 is 5.97 Å². The van der Waals surface area contributed by atoms with Gasteiger partial charge in [-0.1, -0.05) is 11.6 Å². The van der Waals surface area contributed by atoms with Gasteiger partial charge < -0.3 is 5.11 Å². The Balaban J connectivity index is 3.44. The zero-order valence-corrected chi connectivity index (χ0v) is 7.01. The fraction of sp³-hybridized carbons (Fsp3) is 0. The summed E-state index contributed by atoms with van der Waals surface area (Å²) in [6.07, 6.45) is 0.216. The van der Waals surface area contributed by atoms with Gasteiger partial charge in [0.2, 0.25) is 0 Å². The molecule has 0 bridgehead atoms. The van der Waals surface area contributed by atoms with Crippen molar-refractivity contribution in [1.82, 2.24) is 0 Å². The highest BCUT2D eigenvalue weighted by Gasteiger charge is 2.14. The summed E-state index contributed by atoms with van der Waals surface area (Å²) in [5.41, 5.74) is -0.959. The van der Waals surface area contributed by atoms with Crippen LogP contribution in [0.5, 0.6) is 0 Å². The number of hydrogen-bond donors (Lipinski definition) is 1. The molecule has 5 heteroatoms. The SMILES string of the molecule is O=Cc1cc(Cl)cc(C(=O)O)c1F. The number of aldehydes is 1. The Morgan fingerprint density at radius 2 is 2.15 bits per heavy atom. The first-order chi connectivity index (χ1) is 6.06. The molecule has 0 spiro atoms. The summed E-state index contributed by atoms with van der Waals surface area (Å²) in [5, 5.41) is 8.51. The summed E-state index contributed by atoms with van der Waals surface area (Å²) in [6.45, 7) is 0. The first-order valence-electron chi connectivity index (χ1n) is 3.23. The molecule has 0 heterocycles. The lowest BCUT2D eigenvalue weighted by Crippen LogP contribution is -2.03. The summed E-state index contributed by atoms with van der Waals surface area (Å²) >= 11 is 5.46. The maximum Gasteiger partial charge on any atom is 0.338 e. The fourth-order valence-electron chi connectivity index (χ4n) is 0.852. The summed E-state index contributed by atoms with van der Waals surface area (Å²) < 4.78 is 13.0. The Morgan fingerprint density at radius 1 is 1.54 bits per heavy atom. The third-order valence-corrected chi connectivity index (χ3v) is 1.64. The number of benzene rings is 1. The van der Waals surface area contributed by atoms with Gasteiger partial charge in [-0.2, -0.15) is 0 Å². The van der Waals surface area contributed by atoms with Gasteiger partial charge in [0.15, 0.2) is 6.29 Å². The molecule has 3 nitrogen and oxygen atoms in total. The Kier molecular flexibility index (Phi) is 2.63. The van der Waals surface area contributed by atoms with Crippen molar-refractivity contribution >= 4 is 23.9 Å². The van der Waals surface area contributed by atoms with Gasteiger partial charge in [0.1, 0.15) is 5.82 Å². The predicted octanol–water partition coefficient (Wildman–Crippen LogP) is 1.99. The molecule has 68 valence electrons. The number of hydrogen-bond acceptors (Lipinski definition) is 2. The first kappa shape index (κ1) is 9.67. The Labute approximate surface area is 77.7 Å². The van der Waals surface area contributed by atoms with Gasteiger partial charge in [-0.05, 0) is 12.1 Å². The second-order valence-electron chi connectivity index (χ2n) is 2.28. The minimum absolute atomic E-state index is 0.0147. The van der Waals surface area contributed by atoms with Crippen molar-refractivity contribution in [3.8, 4) is 0 Å². The molecule has 1 N–H and O–H groups in total. The molecule has 1 aromatic carbocycles. The summed E-state index contributed by atoms with van der Waals surface area (Å²) in [6, 6.07) is 2.02. The van der Waals surface area contributed by atoms with Crippen LogP contribution in [0.25, 0.3) is 0 Å². The molecule has 1 aromatic rings. The van der Waals surface area contributed by atoms with Crippen molar-refractivity contribution in [2.24, 2.45) is 0 Å². The molecule has 0 aromatic heterocycles. The number of carbonyl (C=O) groups is 2. The van der Waals surface area contributed by atoms with Gasteiger partial charge in [-0.15, -0.1) is 0 Å². The third kappa shape index (κ3) is 1.84. The molecular formula is C8H4ClFO3. The van der Waals surface area contributed by atoms with Crippen molar-refractivity contribution in [1.29, 1.82) is 0 Å². The van der Waals surface area contributed by atoms with E-state index in [1.807, 2.05) is 0 Å². The van der Waals surface area contributed by atoms with Crippen LogP contribution >= 0.6 is 11.6 Å². The minimum atomic E-state index is -1.46. The number of aromatic carboxylic acids is 1. The predicted molar refractivity (Wildman–Crippen MR) is 43.8 cm³/mol. The van der Waals surface area contributed by atoms with E-state index < -0.39 is 17.3 Å². The molecule has 0 fully saturated rings. The molecule has 0 amide bonds. The van der Waals surface area contributed by atoms with Crippen molar-refractivity contribution in [3.63, 3.8) is 0 Å². The lowest BCUT2D eigenvalue weighted by atomic mass is 10.1. The van der Waals surface area contributed by atoms with Crippen molar-refractivity contribution in [2.75, 3.05) is 0 Å². The van der Waals surface area contributed by atoms with Crippen LogP contribution in [0, 0.1) is 5.82 Å². The second-order valence-corrected chi connectivity index (χ2v) is 2.72. The zero-order valence-electron chi connectivity index (χ0n) is 6.25. The molecular weight excluding hydrogens is 199 g/mol. The Morgan fingerprint density at radius 3 is 2.62 bits per heavy atom. The highest BCUT2D eigenvalue weighted by Crippen LogP contribution is 2.18. The quantitative estimate of drug-likeness (QED) is 0.747. The van der Waals surface area contributed by atoms with Gasteiger partial charge in [0, 0.05) is 5.02 Å². The monoisotopic (exact) mass is 202 g/mol.